The Balaban J connectivity index is 1.35. The number of nitrogens with one attached hydrogen (secondary N) is 1. The van der Waals surface area contributed by atoms with E-state index in [1.54, 1.807) is 61.7 Å². The second-order valence-electron chi connectivity index (χ2n) is 9.27. The Morgan fingerprint density at radius 2 is 1.65 bits per heavy atom. The van der Waals surface area contributed by atoms with E-state index in [2.05, 4.69) is 27.2 Å². The number of fused-ring (bicyclic) bond motifs is 1. The summed E-state index contributed by atoms with van der Waals surface area (Å²) >= 11 is 0. The topological polar surface area (TPSA) is 93.6 Å². The van der Waals surface area contributed by atoms with Gasteiger partial charge < -0.3 is 19.7 Å². The van der Waals surface area contributed by atoms with Crippen LogP contribution < -0.4 is 14.8 Å². The molecular weight excluding hydrogens is 488 g/mol. The fourth-order valence-corrected chi connectivity index (χ4v) is 5.74. The van der Waals surface area contributed by atoms with Gasteiger partial charge in [0, 0.05) is 17.1 Å². The van der Waals surface area contributed by atoms with E-state index in [0.29, 0.717) is 35.5 Å². The van der Waals surface area contributed by atoms with E-state index in [1.807, 2.05) is 12.1 Å². The minimum absolute atomic E-state index is 0.227. The standard InChI is InChI=1S/C28H30N4O4S/c1-32-14-12-20(13-15-32)18-36-27-17-25-24(16-26(27)35-2)28(30-19-29-25)31-21-8-10-23(11-9-21)37(33,34)22-6-4-3-5-7-22/h3-11,16-17,19-20H,12-15,18H2,1-2H3,(H,29,30,31). The van der Waals surface area contributed by atoms with Crippen LogP contribution in [0, 0.1) is 5.92 Å². The zero-order valence-corrected chi connectivity index (χ0v) is 21.7. The summed E-state index contributed by atoms with van der Waals surface area (Å²) in [6.07, 6.45) is 3.73. The first-order valence-corrected chi connectivity index (χ1v) is 13.7. The molecule has 192 valence electrons. The van der Waals surface area contributed by atoms with Crippen molar-refractivity contribution in [3.63, 3.8) is 0 Å². The lowest BCUT2D eigenvalue weighted by molar-refractivity contribution is 0.157. The summed E-state index contributed by atoms with van der Waals surface area (Å²) in [6.45, 7) is 2.82. The molecule has 0 atom stereocenters. The third kappa shape index (κ3) is 5.52. The molecule has 4 aromatic rings. The molecular formula is C28H30N4O4S. The van der Waals surface area contributed by atoms with Gasteiger partial charge in [-0.2, -0.15) is 0 Å². The molecule has 0 bridgehead atoms. The maximum absolute atomic E-state index is 12.9. The molecule has 1 aliphatic heterocycles. The van der Waals surface area contributed by atoms with E-state index in [4.69, 9.17) is 9.47 Å². The largest absolute Gasteiger partial charge is 0.493 e. The van der Waals surface area contributed by atoms with Crippen molar-refractivity contribution in [3.05, 3.63) is 73.1 Å². The molecule has 37 heavy (non-hydrogen) atoms. The fourth-order valence-electron chi connectivity index (χ4n) is 4.46. The summed E-state index contributed by atoms with van der Waals surface area (Å²) in [6, 6.07) is 18.8. The fraction of sp³-hybridized carbons (Fsp3) is 0.286. The molecule has 0 aliphatic carbocycles. The van der Waals surface area contributed by atoms with Gasteiger partial charge in [-0.15, -0.1) is 0 Å². The summed E-state index contributed by atoms with van der Waals surface area (Å²) in [5.41, 5.74) is 1.42. The molecule has 1 fully saturated rings. The molecule has 1 N–H and O–H groups in total. The molecule has 9 heteroatoms. The first-order chi connectivity index (χ1) is 17.9. The molecule has 8 nitrogen and oxygen atoms in total. The highest BCUT2D eigenvalue weighted by Gasteiger charge is 2.20. The van der Waals surface area contributed by atoms with Crippen LogP contribution in [-0.4, -0.2) is 57.1 Å². The number of sulfone groups is 1. The second-order valence-corrected chi connectivity index (χ2v) is 11.2. The molecule has 2 heterocycles. The molecule has 0 amide bonds. The number of rotatable bonds is 8. The maximum Gasteiger partial charge on any atom is 0.206 e. The molecule has 3 aromatic carbocycles. The summed E-state index contributed by atoms with van der Waals surface area (Å²) in [5.74, 6) is 2.38. The monoisotopic (exact) mass is 518 g/mol. The first kappa shape index (κ1) is 25.0. The van der Waals surface area contributed by atoms with E-state index in [-0.39, 0.29) is 9.79 Å². The van der Waals surface area contributed by atoms with Crippen LogP contribution in [0.25, 0.3) is 10.9 Å². The van der Waals surface area contributed by atoms with Crippen LogP contribution >= 0.6 is 0 Å². The molecule has 0 saturated carbocycles. The highest BCUT2D eigenvalue weighted by molar-refractivity contribution is 7.91. The van der Waals surface area contributed by atoms with Crippen LogP contribution in [0.2, 0.25) is 0 Å². The predicted octanol–water partition coefficient (Wildman–Crippen LogP) is 4.94. The number of likely N-dealkylation sites (tertiary alicyclic amines) is 1. The lowest BCUT2D eigenvalue weighted by Crippen LogP contribution is -2.32. The number of benzene rings is 3. The van der Waals surface area contributed by atoms with Crippen molar-refractivity contribution in [1.82, 2.24) is 14.9 Å². The SMILES string of the molecule is COc1cc2c(Nc3ccc(S(=O)(=O)c4ccccc4)cc3)ncnc2cc1OCC1CCN(C)CC1. The number of hydrogen-bond acceptors (Lipinski definition) is 8. The number of anilines is 2. The normalized spacial score (nSPS) is 15.0. The Morgan fingerprint density at radius 1 is 0.946 bits per heavy atom. The van der Waals surface area contributed by atoms with Gasteiger partial charge in [0.1, 0.15) is 12.1 Å². The second kappa shape index (κ2) is 10.7. The van der Waals surface area contributed by atoms with Gasteiger partial charge in [-0.3, -0.25) is 0 Å². The third-order valence-corrected chi connectivity index (χ3v) is 8.50. The van der Waals surface area contributed by atoms with E-state index < -0.39 is 9.84 Å². The van der Waals surface area contributed by atoms with Crippen LogP contribution in [0.4, 0.5) is 11.5 Å². The Morgan fingerprint density at radius 3 is 2.35 bits per heavy atom. The smallest absolute Gasteiger partial charge is 0.206 e. The van der Waals surface area contributed by atoms with Crippen molar-refractivity contribution in [2.75, 3.05) is 39.2 Å². The summed E-state index contributed by atoms with van der Waals surface area (Å²) < 4.78 is 37.6. The Kier molecular flexibility index (Phi) is 7.25. The van der Waals surface area contributed by atoms with Crippen LogP contribution in [0.3, 0.4) is 0 Å². The number of methoxy groups -OCH3 is 1. The van der Waals surface area contributed by atoms with Gasteiger partial charge in [-0.25, -0.2) is 18.4 Å². The van der Waals surface area contributed by atoms with Gasteiger partial charge >= 0.3 is 0 Å². The lowest BCUT2D eigenvalue weighted by Gasteiger charge is -2.28. The Hall–Kier alpha value is -3.69. The Bertz CT molecular complexity index is 1470. The van der Waals surface area contributed by atoms with Gasteiger partial charge in [0.15, 0.2) is 11.5 Å². The Labute approximate surface area is 217 Å². The molecule has 0 radical (unpaired) electrons. The van der Waals surface area contributed by atoms with Crippen molar-refractivity contribution >= 4 is 32.2 Å². The lowest BCUT2D eigenvalue weighted by atomic mass is 9.98. The van der Waals surface area contributed by atoms with Gasteiger partial charge in [0.2, 0.25) is 9.84 Å². The molecule has 1 aromatic heterocycles. The minimum atomic E-state index is -3.58. The zero-order chi connectivity index (χ0) is 25.8. The quantitative estimate of drug-likeness (QED) is 0.351. The first-order valence-electron chi connectivity index (χ1n) is 12.3. The van der Waals surface area contributed by atoms with Crippen molar-refractivity contribution < 1.29 is 17.9 Å². The maximum atomic E-state index is 12.9. The number of piperidine rings is 1. The van der Waals surface area contributed by atoms with Gasteiger partial charge in [0.05, 0.1) is 29.0 Å². The van der Waals surface area contributed by atoms with Crippen molar-refractivity contribution in [2.24, 2.45) is 5.92 Å². The van der Waals surface area contributed by atoms with E-state index in [9.17, 15) is 8.42 Å². The number of aromatic nitrogens is 2. The zero-order valence-electron chi connectivity index (χ0n) is 20.9. The summed E-state index contributed by atoms with van der Waals surface area (Å²) in [5, 5.41) is 4.05. The van der Waals surface area contributed by atoms with Crippen molar-refractivity contribution in [3.8, 4) is 11.5 Å². The molecule has 1 aliphatic rings. The van der Waals surface area contributed by atoms with E-state index >= 15 is 0 Å². The van der Waals surface area contributed by atoms with Crippen LogP contribution in [-0.2, 0) is 9.84 Å². The van der Waals surface area contributed by atoms with Crippen molar-refractivity contribution in [2.45, 2.75) is 22.6 Å². The van der Waals surface area contributed by atoms with Crippen LogP contribution in [0.1, 0.15) is 12.8 Å². The molecule has 1 saturated heterocycles. The predicted molar refractivity (Wildman–Crippen MR) is 143 cm³/mol. The average Bonchev–Trinajstić information content (AvgIpc) is 2.93. The van der Waals surface area contributed by atoms with E-state index in [1.165, 1.54) is 6.33 Å². The van der Waals surface area contributed by atoms with Crippen LogP contribution in [0.5, 0.6) is 11.5 Å². The third-order valence-electron chi connectivity index (χ3n) is 6.71. The average molecular weight is 519 g/mol. The molecule has 0 unspecified atom stereocenters. The summed E-state index contributed by atoms with van der Waals surface area (Å²) in [7, 11) is 0.186. The van der Waals surface area contributed by atoms with Gasteiger partial charge in [0.25, 0.3) is 0 Å². The molecule has 0 spiro atoms. The molecule has 5 rings (SSSR count). The number of ether oxygens (including phenoxy) is 2. The number of hydrogen-bond donors (Lipinski definition) is 1. The number of nitrogens with zero attached hydrogens (tertiary/aromatic N) is 3. The minimum Gasteiger partial charge on any atom is -0.493 e. The highest BCUT2D eigenvalue weighted by Crippen LogP contribution is 2.35. The van der Waals surface area contributed by atoms with Gasteiger partial charge in [-0.1, -0.05) is 18.2 Å². The van der Waals surface area contributed by atoms with Crippen LogP contribution in [0.15, 0.2) is 82.8 Å². The summed E-state index contributed by atoms with van der Waals surface area (Å²) in [4.78, 5) is 11.7. The van der Waals surface area contributed by atoms with E-state index in [0.717, 1.165) is 36.8 Å². The highest BCUT2D eigenvalue weighted by atomic mass is 32.2. The van der Waals surface area contributed by atoms with Gasteiger partial charge in [-0.05, 0) is 81.4 Å². The van der Waals surface area contributed by atoms with Crippen molar-refractivity contribution in [1.29, 1.82) is 0 Å².